The minimum Gasteiger partial charge on any atom is -0.364 e. The second kappa shape index (κ2) is 8.60. The van der Waals surface area contributed by atoms with E-state index in [1.54, 1.807) is 13.0 Å². The Balaban J connectivity index is 1.58. The maximum Gasteiger partial charge on any atom is 0.267 e. The number of nitrogens with zero attached hydrogens (tertiary/aromatic N) is 3. The van der Waals surface area contributed by atoms with Crippen molar-refractivity contribution in [2.45, 2.75) is 64.7 Å². The van der Waals surface area contributed by atoms with Gasteiger partial charge in [0.2, 0.25) is 5.91 Å². The molecule has 2 aliphatic rings. The Morgan fingerprint density at radius 1 is 1.12 bits per heavy atom. The van der Waals surface area contributed by atoms with Crippen LogP contribution >= 0.6 is 0 Å². The predicted molar refractivity (Wildman–Crippen MR) is 99.5 cm³/mol. The Bertz CT molecular complexity index is 655. The summed E-state index contributed by atoms with van der Waals surface area (Å²) >= 11 is 0. The molecule has 0 bridgehead atoms. The van der Waals surface area contributed by atoms with Crippen molar-refractivity contribution in [2.75, 3.05) is 13.1 Å². The van der Waals surface area contributed by atoms with E-state index in [-0.39, 0.29) is 5.69 Å². The summed E-state index contributed by atoms with van der Waals surface area (Å²) < 4.78 is 0. The fraction of sp³-hybridized carbons (Fsp3) is 0.700. The summed E-state index contributed by atoms with van der Waals surface area (Å²) in [5.41, 5.74) is 6.47. The van der Waals surface area contributed by atoms with Gasteiger partial charge in [0.05, 0.1) is 0 Å². The summed E-state index contributed by atoms with van der Waals surface area (Å²) in [5, 5.41) is 0. The average molecular weight is 358 g/mol. The highest BCUT2D eigenvalue weighted by atomic mass is 16.2. The minimum atomic E-state index is -0.523. The Hall–Kier alpha value is -1.98. The molecule has 0 aromatic carbocycles. The van der Waals surface area contributed by atoms with Crippen molar-refractivity contribution in [3.05, 3.63) is 23.3 Å². The number of aromatic nitrogens is 2. The van der Waals surface area contributed by atoms with Gasteiger partial charge in [-0.2, -0.15) is 0 Å². The normalized spacial score (nSPS) is 21.6. The van der Waals surface area contributed by atoms with Crippen LogP contribution in [0.3, 0.4) is 0 Å². The SMILES string of the molecule is Cc1nc(C[C@@H]2CCCN(C(=O)CC3CCCCC3)C2)cc(C(N)=O)n1. The van der Waals surface area contributed by atoms with E-state index in [1.165, 1.54) is 32.1 Å². The van der Waals surface area contributed by atoms with Gasteiger partial charge in [0.1, 0.15) is 11.5 Å². The molecule has 6 heteroatoms. The third-order valence-corrected chi connectivity index (χ3v) is 5.70. The number of aryl methyl sites for hydroxylation is 1. The summed E-state index contributed by atoms with van der Waals surface area (Å²) in [4.78, 5) is 34.7. The molecule has 3 rings (SSSR count). The first kappa shape index (κ1) is 18.8. The summed E-state index contributed by atoms with van der Waals surface area (Å²) in [6.07, 6.45) is 9.88. The molecule has 1 atom stereocenters. The van der Waals surface area contributed by atoms with Gasteiger partial charge in [0.15, 0.2) is 0 Å². The van der Waals surface area contributed by atoms with Crippen LogP contribution in [0.25, 0.3) is 0 Å². The predicted octanol–water partition coefficient (Wildman–Crippen LogP) is 2.64. The Morgan fingerprint density at radius 2 is 1.85 bits per heavy atom. The smallest absolute Gasteiger partial charge is 0.267 e. The van der Waals surface area contributed by atoms with Crippen molar-refractivity contribution >= 4 is 11.8 Å². The fourth-order valence-electron chi connectivity index (χ4n) is 4.38. The van der Waals surface area contributed by atoms with Crippen LogP contribution in [0.1, 0.15) is 73.4 Å². The molecular weight excluding hydrogens is 328 g/mol. The number of likely N-dealkylation sites (tertiary alicyclic amines) is 1. The molecule has 6 nitrogen and oxygen atoms in total. The highest BCUT2D eigenvalue weighted by Crippen LogP contribution is 2.28. The number of carbonyl (C=O) groups excluding carboxylic acids is 2. The van der Waals surface area contributed by atoms with E-state index in [0.29, 0.717) is 30.0 Å². The van der Waals surface area contributed by atoms with Crippen LogP contribution in [-0.2, 0) is 11.2 Å². The van der Waals surface area contributed by atoms with E-state index in [4.69, 9.17) is 5.73 Å². The number of primary amides is 1. The number of hydrogen-bond donors (Lipinski definition) is 1. The molecule has 26 heavy (non-hydrogen) atoms. The maximum atomic E-state index is 12.7. The lowest BCUT2D eigenvalue weighted by molar-refractivity contribution is -0.134. The molecule has 0 spiro atoms. The summed E-state index contributed by atoms with van der Waals surface area (Å²) in [7, 11) is 0. The standard InChI is InChI=1S/C20H30N4O2/c1-14-22-17(12-18(23-14)20(21)26)10-16-8-5-9-24(13-16)19(25)11-15-6-3-2-4-7-15/h12,15-16H,2-11,13H2,1H3,(H2,21,26)/t16-/m0/s1. The average Bonchev–Trinajstić information content (AvgIpc) is 2.62. The van der Waals surface area contributed by atoms with Crippen LogP contribution in [-0.4, -0.2) is 39.8 Å². The molecule has 1 aliphatic carbocycles. The van der Waals surface area contributed by atoms with Crippen LogP contribution in [0.5, 0.6) is 0 Å². The van der Waals surface area contributed by atoms with Gasteiger partial charge in [-0.15, -0.1) is 0 Å². The topological polar surface area (TPSA) is 89.2 Å². The van der Waals surface area contributed by atoms with Crippen molar-refractivity contribution in [3.8, 4) is 0 Å². The molecule has 0 unspecified atom stereocenters. The molecule has 1 aliphatic heterocycles. The first-order valence-electron chi connectivity index (χ1n) is 9.93. The van der Waals surface area contributed by atoms with Crippen molar-refractivity contribution in [2.24, 2.45) is 17.6 Å². The lowest BCUT2D eigenvalue weighted by Crippen LogP contribution is -2.41. The molecule has 142 valence electrons. The van der Waals surface area contributed by atoms with Gasteiger partial charge < -0.3 is 10.6 Å². The zero-order chi connectivity index (χ0) is 18.5. The van der Waals surface area contributed by atoms with Gasteiger partial charge >= 0.3 is 0 Å². The lowest BCUT2D eigenvalue weighted by atomic mass is 9.86. The zero-order valence-electron chi connectivity index (χ0n) is 15.7. The summed E-state index contributed by atoms with van der Waals surface area (Å²) in [5.74, 6) is 1.33. The van der Waals surface area contributed by atoms with Crippen molar-refractivity contribution in [1.29, 1.82) is 0 Å². The molecular formula is C20H30N4O2. The first-order chi connectivity index (χ1) is 12.5. The third kappa shape index (κ3) is 5.02. The van der Waals surface area contributed by atoms with Crippen LogP contribution in [0.15, 0.2) is 6.07 Å². The van der Waals surface area contributed by atoms with Gasteiger partial charge in [0.25, 0.3) is 5.91 Å². The highest BCUT2D eigenvalue weighted by molar-refractivity contribution is 5.90. The van der Waals surface area contributed by atoms with E-state index in [1.807, 2.05) is 4.90 Å². The minimum absolute atomic E-state index is 0.272. The summed E-state index contributed by atoms with van der Waals surface area (Å²) in [6, 6.07) is 1.69. The van der Waals surface area contributed by atoms with E-state index in [9.17, 15) is 9.59 Å². The molecule has 1 saturated heterocycles. The maximum absolute atomic E-state index is 12.7. The number of hydrogen-bond acceptors (Lipinski definition) is 4. The van der Waals surface area contributed by atoms with E-state index in [0.717, 1.165) is 38.0 Å². The third-order valence-electron chi connectivity index (χ3n) is 5.70. The van der Waals surface area contributed by atoms with Crippen LogP contribution in [0.4, 0.5) is 0 Å². The van der Waals surface area contributed by atoms with Gasteiger partial charge in [-0.3, -0.25) is 9.59 Å². The number of amides is 2. The monoisotopic (exact) mass is 358 g/mol. The first-order valence-corrected chi connectivity index (χ1v) is 9.93. The van der Waals surface area contributed by atoms with Gasteiger partial charge in [0, 0.05) is 25.2 Å². The Labute approximate surface area is 155 Å². The van der Waals surface area contributed by atoms with Gasteiger partial charge in [-0.05, 0) is 56.9 Å². The van der Waals surface area contributed by atoms with E-state index in [2.05, 4.69) is 9.97 Å². The van der Waals surface area contributed by atoms with Gasteiger partial charge in [-0.25, -0.2) is 9.97 Å². The number of carbonyl (C=O) groups is 2. The van der Waals surface area contributed by atoms with Crippen molar-refractivity contribution < 1.29 is 9.59 Å². The van der Waals surface area contributed by atoms with Crippen LogP contribution in [0, 0.1) is 18.8 Å². The summed E-state index contributed by atoms with van der Waals surface area (Å²) in [6.45, 7) is 3.44. The molecule has 1 aromatic heterocycles. The Kier molecular flexibility index (Phi) is 6.22. The van der Waals surface area contributed by atoms with Crippen molar-refractivity contribution in [3.63, 3.8) is 0 Å². The van der Waals surface area contributed by atoms with Crippen molar-refractivity contribution in [1.82, 2.24) is 14.9 Å². The number of nitrogens with two attached hydrogens (primary N) is 1. The fourth-order valence-corrected chi connectivity index (χ4v) is 4.38. The zero-order valence-corrected chi connectivity index (χ0v) is 15.7. The van der Waals surface area contributed by atoms with Gasteiger partial charge in [-0.1, -0.05) is 19.3 Å². The number of rotatable bonds is 5. The van der Waals surface area contributed by atoms with E-state index >= 15 is 0 Å². The molecule has 2 heterocycles. The largest absolute Gasteiger partial charge is 0.364 e. The molecule has 2 amide bonds. The molecule has 1 aromatic rings. The second-order valence-corrected chi connectivity index (χ2v) is 7.92. The van der Waals surface area contributed by atoms with Crippen LogP contribution < -0.4 is 5.73 Å². The lowest BCUT2D eigenvalue weighted by Gasteiger charge is -2.34. The van der Waals surface area contributed by atoms with E-state index < -0.39 is 5.91 Å². The number of piperidine rings is 1. The molecule has 2 fully saturated rings. The molecule has 1 saturated carbocycles. The highest BCUT2D eigenvalue weighted by Gasteiger charge is 2.26. The van der Waals surface area contributed by atoms with Crippen LogP contribution in [0.2, 0.25) is 0 Å². The Morgan fingerprint density at radius 3 is 2.58 bits per heavy atom. The quantitative estimate of drug-likeness (QED) is 0.876. The second-order valence-electron chi connectivity index (χ2n) is 7.92. The molecule has 2 N–H and O–H groups in total. The molecule has 0 radical (unpaired) electrons.